The molecule has 1 aromatic rings. The van der Waals surface area contributed by atoms with Crippen LogP contribution >= 0.6 is 0 Å². The number of hydrogen-bond acceptors (Lipinski definition) is 5. The van der Waals surface area contributed by atoms with Crippen LogP contribution in [0.3, 0.4) is 0 Å². The third-order valence-corrected chi connectivity index (χ3v) is 4.18. The van der Waals surface area contributed by atoms with E-state index in [9.17, 15) is 14.4 Å². The molecule has 1 saturated heterocycles. The fourth-order valence-corrected chi connectivity index (χ4v) is 2.87. The molecule has 0 aliphatic carbocycles. The van der Waals surface area contributed by atoms with Gasteiger partial charge >= 0.3 is 5.97 Å². The molecule has 8 nitrogen and oxygen atoms in total. The van der Waals surface area contributed by atoms with Gasteiger partial charge in [0.25, 0.3) is 5.91 Å². The Bertz CT molecular complexity index is 661. The fraction of sp³-hybridized carbons (Fsp3) is 0.588. The molecular weight excluding hydrogens is 326 g/mol. The van der Waals surface area contributed by atoms with Crippen LogP contribution in [0, 0.1) is 13.8 Å². The van der Waals surface area contributed by atoms with Gasteiger partial charge in [-0.2, -0.15) is 0 Å². The number of H-pyrrole nitrogens is 1. The van der Waals surface area contributed by atoms with Gasteiger partial charge < -0.3 is 24.7 Å². The summed E-state index contributed by atoms with van der Waals surface area (Å²) in [5.74, 6) is -1.04. The maximum atomic E-state index is 12.5. The number of esters is 1. The van der Waals surface area contributed by atoms with Crippen LogP contribution in [0.5, 0.6) is 0 Å². The van der Waals surface area contributed by atoms with E-state index in [0.717, 1.165) is 0 Å². The average molecular weight is 351 g/mol. The first kappa shape index (κ1) is 19.0. The monoisotopic (exact) mass is 351 g/mol. The predicted molar refractivity (Wildman–Crippen MR) is 90.6 cm³/mol. The first-order chi connectivity index (χ1) is 11.9. The molecule has 1 fully saturated rings. The van der Waals surface area contributed by atoms with Crippen molar-refractivity contribution in [1.82, 2.24) is 15.2 Å². The van der Waals surface area contributed by atoms with E-state index in [2.05, 4.69) is 10.3 Å². The third-order valence-electron chi connectivity index (χ3n) is 4.18. The molecule has 0 unspecified atom stereocenters. The Morgan fingerprint density at radius 3 is 2.52 bits per heavy atom. The second kappa shape index (κ2) is 8.15. The highest BCUT2D eigenvalue weighted by Gasteiger charge is 2.27. The number of morpholine rings is 1. The van der Waals surface area contributed by atoms with E-state index in [-0.39, 0.29) is 18.2 Å². The summed E-state index contributed by atoms with van der Waals surface area (Å²) in [4.78, 5) is 41.5. The molecule has 2 amide bonds. The van der Waals surface area contributed by atoms with Crippen LogP contribution in [0.2, 0.25) is 0 Å². The molecule has 1 aromatic heterocycles. The van der Waals surface area contributed by atoms with Crippen LogP contribution in [0.25, 0.3) is 0 Å². The van der Waals surface area contributed by atoms with Crippen molar-refractivity contribution >= 4 is 17.8 Å². The van der Waals surface area contributed by atoms with Crippen LogP contribution < -0.4 is 5.32 Å². The molecule has 0 bridgehead atoms. The van der Waals surface area contributed by atoms with Gasteiger partial charge in [-0.05, 0) is 33.3 Å². The second-order valence-corrected chi connectivity index (χ2v) is 5.98. The number of aromatic nitrogens is 1. The van der Waals surface area contributed by atoms with Gasteiger partial charge in [0.1, 0.15) is 11.7 Å². The van der Waals surface area contributed by atoms with E-state index in [1.54, 1.807) is 32.6 Å². The van der Waals surface area contributed by atoms with Crippen molar-refractivity contribution in [1.29, 1.82) is 0 Å². The summed E-state index contributed by atoms with van der Waals surface area (Å²) < 4.78 is 10.2. The van der Waals surface area contributed by atoms with E-state index < -0.39 is 17.9 Å². The molecule has 1 aliphatic rings. The molecule has 138 valence electrons. The lowest BCUT2D eigenvalue weighted by Crippen LogP contribution is -2.50. The third kappa shape index (κ3) is 4.19. The van der Waals surface area contributed by atoms with E-state index in [4.69, 9.17) is 9.47 Å². The van der Waals surface area contributed by atoms with Gasteiger partial charge in [-0.15, -0.1) is 0 Å². The lowest BCUT2D eigenvalue weighted by Gasteiger charge is -2.29. The van der Waals surface area contributed by atoms with E-state index in [1.165, 1.54) is 0 Å². The summed E-state index contributed by atoms with van der Waals surface area (Å²) in [6.07, 6.45) is 0. The largest absolute Gasteiger partial charge is 0.462 e. The van der Waals surface area contributed by atoms with Crippen molar-refractivity contribution in [2.75, 3.05) is 32.9 Å². The molecule has 2 rings (SSSR count). The first-order valence-electron chi connectivity index (χ1n) is 8.40. The van der Waals surface area contributed by atoms with Crippen LogP contribution in [0.4, 0.5) is 0 Å². The number of amides is 2. The molecule has 0 saturated carbocycles. The Hall–Kier alpha value is -2.35. The lowest BCUT2D eigenvalue weighted by molar-refractivity contribution is -0.136. The summed E-state index contributed by atoms with van der Waals surface area (Å²) >= 11 is 0. The quantitative estimate of drug-likeness (QED) is 0.764. The SMILES string of the molecule is CCOC(=O)c1c(C)[nH]c(C(=O)N[C@H](C)C(=O)N2CCOCC2)c1C. The minimum atomic E-state index is -0.667. The molecule has 2 heterocycles. The summed E-state index contributed by atoms with van der Waals surface area (Å²) in [5, 5.41) is 2.69. The molecule has 1 aliphatic heterocycles. The Labute approximate surface area is 146 Å². The van der Waals surface area contributed by atoms with Crippen LogP contribution in [0.1, 0.15) is 46.0 Å². The van der Waals surface area contributed by atoms with E-state index >= 15 is 0 Å². The Balaban J connectivity index is 2.09. The first-order valence-corrected chi connectivity index (χ1v) is 8.40. The zero-order valence-corrected chi connectivity index (χ0v) is 15.1. The van der Waals surface area contributed by atoms with Crippen molar-refractivity contribution in [3.8, 4) is 0 Å². The molecule has 0 radical (unpaired) electrons. The highest BCUT2D eigenvalue weighted by molar-refractivity contribution is 6.01. The molecule has 2 N–H and O–H groups in total. The van der Waals surface area contributed by atoms with Gasteiger partial charge in [0.2, 0.25) is 5.91 Å². The molecule has 25 heavy (non-hydrogen) atoms. The summed E-state index contributed by atoms with van der Waals surface area (Å²) in [7, 11) is 0. The van der Waals surface area contributed by atoms with Gasteiger partial charge in [0.15, 0.2) is 0 Å². The topological polar surface area (TPSA) is 101 Å². The van der Waals surface area contributed by atoms with Crippen molar-refractivity contribution in [3.05, 3.63) is 22.5 Å². The summed E-state index contributed by atoms with van der Waals surface area (Å²) in [5.41, 5.74) is 1.70. The molecule has 8 heteroatoms. The van der Waals surface area contributed by atoms with Gasteiger partial charge in [-0.3, -0.25) is 9.59 Å². The smallest absolute Gasteiger partial charge is 0.340 e. The molecular formula is C17H25N3O5. The highest BCUT2D eigenvalue weighted by atomic mass is 16.5. The van der Waals surface area contributed by atoms with Crippen molar-refractivity contribution < 1.29 is 23.9 Å². The number of aryl methyl sites for hydroxylation is 1. The Kier molecular flexibility index (Phi) is 6.19. The van der Waals surface area contributed by atoms with E-state index in [0.29, 0.717) is 43.1 Å². The number of nitrogens with one attached hydrogen (secondary N) is 2. The zero-order valence-electron chi connectivity index (χ0n) is 15.1. The number of nitrogens with zero attached hydrogens (tertiary/aromatic N) is 1. The number of rotatable bonds is 5. The number of carbonyl (C=O) groups is 3. The molecule has 0 aromatic carbocycles. The highest BCUT2D eigenvalue weighted by Crippen LogP contribution is 2.19. The van der Waals surface area contributed by atoms with Crippen LogP contribution in [0.15, 0.2) is 0 Å². The standard InChI is InChI=1S/C17H25N3O5/c1-5-25-17(23)13-10(2)14(18-11(13)3)15(21)19-12(4)16(22)20-6-8-24-9-7-20/h12,18H,5-9H2,1-4H3,(H,19,21)/t12-/m1/s1. The van der Waals surface area contributed by atoms with Crippen LogP contribution in [-0.2, 0) is 14.3 Å². The van der Waals surface area contributed by atoms with Crippen molar-refractivity contribution in [2.24, 2.45) is 0 Å². The summed E-state index contributed by atoms with van der Waals surface area (Å²) in [6, 6.07) is -0.667. The van der Waals surface area contributed by atoms with Crippen molar-refractivity contribution in [2.45, 2.75) is 33.7 Å². The Morgan fingerprint density at radius 2 is 1.92 bits per heavy atom. The summed E-state index contributed by atoms with van der Waals surface area (Å²) in [6.45, 7) is 9.07. The zero-order chi connectivity index (χ0) is 18.6. The maximum Gasteiger partial charge on any atom is 0.340 e. The van der Waals surface area contributed by atoms with Gasteiger partial charge in [0, 0.05) is 18.8 Å². The normalized spacial score (nSPS) is 15.6. The number of aromatic amines is 1. The average Bonchev–Trinajstić information content (AvgIpc) is 2.89. The van der Waals surface area contributed by atoms with Crippen molar-refractivity contribution in [3.63, 3.8) is 0 Å². The minimum absolute atomic E-state index is 0.150. The number of ether oxygens (including phenoxy) is 2. The minimum Gasteiger partial charge on any atom is -0.462 e. The van der Waals surface area contributed by atoms with Gasteiger partial charge in [-0.1, -0.05) is 0 Å². The fourth-order valence-electron chi connectivity index (χ4n) is 2.87. The maximum absolute atomic E-state index is 12.5. The van der Waals surface area contributed by atoms with Gasteiger partial charge in [0.05, 0.1) is 25.4 Å². The Morgan fingerprint density at radius 1 is 1.28 bits per heavy atom. The van der Waals surface area contributed by atoms with Gasteiger partial charge in [-0.25, -0.2) is 4.79 Å². The molecule has 1 atom stereocenters. The predicted octanol–water partition coefficient (Wildman–Crippen LogP) is 0.785. The molecule has 0 spiro atoms. The number of hydrogen-bond donors (Lipinski definition) is 2. The lowest BCUT2D eigenvalue weighted by atomic mass is 10.1. The van der Waals surface area contributed by atoms with Crippen LogP contribution in [-0.4, -0.2) is 66.6 Å². The van der Waals surface area contributed by atoms with E-state index in [1.807, 2.05) is 0 Å². The number of carbonyl (C=O) groups excluding carboxylic acids is 3. The second-order valence-electron chi connectivity index (χ2n) is 5.98.